The predicted molar refractivity (Wildman–Crippen MR) is 84.4 cm³/mol. The van der Waals surface area contributed by atoms with E-state index in [9.17, 15) is 4.79 Å². The lowest BCUT2D eigenvalue weighted by Crippen LogP contribution is -2.41. The van der Waals surface area contributed by atoms with E-state index in [0.29, 0.717) is 12.0 Å². The Morgan fingerprint density at radius 3 is 2.86 bits per heavy atom. The number of benzene rings is 2. The summed E-state index contributed by atoms with van der Waals surface area (Å²) in [6.45, 7) is 2.85. The zero-order valence-electron chi connectivity index (χ0n) is 12.1. The molecule has 2 aromatic rings. The molecule has 0 spiro atoms. The maximum absolute atomic E-state index is 12.9. The molecule has 3 nitrogen and oxygen atoms in total. The first kappa shape index (κ1) is 12.8. The van der Waals surface area contributed by atoms with E-state index >= 15 is 0 Å². The van der Waals surface area contributed by atoms with Crippen molar-refractivity contribution in [3.63, 3.8) is 0 Å². The number of hydrogen-bond acceptors (Lipinski definition) is 2. The van der Waals surface area contributed by atoms with E-state index in [-0.39, 0.29) is 5.91 Å². The molecule has 0 aromatic heterocycles. The number of amides is 1. The highest BCUT2D eigenvalue weighted by molar-refractivity contribution is 6.07. The number of hydrogen-bond donors (Lipinski definition) is 1. The number of piperidine rings is 1. The highest BCUT2D eigenvalue weighted by Crippen LogP contribution is 2.27. The van der Waals surface area contributed by atoms with Gasteiger partial charge in [0, 0.05) is 24.7 Å². The van der Waals surface area contributed by atoms with Crippen molar-refractivity contribution < 1.29 is 4.79 Å². The van der Waals surface area contributed by atoms with Gasteiger partial charge in [0.05, 0.1) is 0 Å². The Hall–Kier alpha value is -1.87. The Balaban J connectivity index is 1.65. The molecule has 2 saturated heterocycles. The lowest BCUT2D eigenvalue weighted by Gasteiger charge is -2.24. The molecule has 2 heterocycles. The van der Waals surface area contributed by atoms with Crippen LogP contribution in [0.15, 0.2) is 42.5 Å². The minimum atomic E-state index is 0.183. The second-order valence-corrected chi connectivity index (χ2v) is 6.20. The molecule has 108 valence electrons. The van der Waals surface area contributed by atoms with E-state index in [1.807, 2.05) is 35.2 Å². The van der Waals surface area contributed by atoms with Gasteiger partial charge in [0.1, 0.15) is 0 Å². The normalized spacial score (nSPS) is 25.0. The van der Waals surface area contributed by atoms with Crippen LogP contribution < -0.4 is 5.32 Å². The minimum Gasteiger partial charge on any atom is -0.337 e. The third kappa shape index (κ3) is 2.22. The third-order valence-electron chi connectivity index (χ3n) is 4.91. The van der Waals surface area contributed by atoms with E-state index in [1.54, 1.807) is 0 Å². The summed E-state index contributed by atoms with van der Waals surface area (Å²) in [5.41, 5.74) is 0.840. The fourth-order valence-electron chi connectivity index (χ4n) is 3.79. The van der Waals surface area contributed by atoms with Crippen LogP contribution in [0, 0.1) is 5.92 Å². The van der Waals surface area contributed by atoms with Gasteiger partial charge in [0.15, 0.2) is 0 Å². The molecule has 0 aliphatic carbocycles. The molecule has 1 N–H and O–H groups in total. The maximum atomic E-state index is 12.9. The van der Waals surface area contributed by atoms with Gasteiger partial charge in [0.25, 0.3) is 5.91 Å². The molecular weight excluding hydrogens is 260 g/mol. The van der Waals surface area contributed by atoms with Gasteiger partial charge in [-0.25, -0.2) is 0 Å². The van der Waals surface area contributed by atoms with Gasteiger partial charge in [-0.1, -0.05) is 36.4 Å². The molecule has 2 aromatic carbocycles. The van der Waals surface area contributed by atoms with Crippen LogP contribution in [0.4, 0.5) is 0 Å². The molecule has 2 aliphatic heterocycles. The van der Waals surface area contributed by atoms with E-state index in [1.165, 1.54) is 12.8 Å². The van der Waals surface area contributed by atoms with Crippen LogP contribution in [0.2, 0.25) is 0 Å². The molecule has 3 heteroatoms. The number of rotatable bonds is 1. The summed E-state index contributed by atoms with van der Waals surface area (Å²) in [4.78, 5) is 14.9. The Kier molecular flexibility index (Phi) is 3.15. The topological polar surface area (TPSA) is 32.3 Å². The summed E-state index contributed by atoms with van der Waals surface area (Å²) >= 11 is 0. The average Bonchev–Trinajstić information content (AvgIpc) is 2.97. The smallest absolute Gasteiger partial charge is 0.254 e. The number of likely N-dealkylation sites (tertiary alicyclic amines) is 1. The summed E-state index contributed by atoms with van der Waals surface area (Å²) in [6.07, 6.45) is 2.48. The molecule has 2 fully saturated rings. The SMILES string of the molecule is O=C(c1cccc2ccccc12)N1CC2CCCNC2C1. The van der Waals surface area contributed by atoms with E-state index in [2.05, 4.69) is 17.4 Å². The predicted octanol–water partition coefficient (Wildman–Crippen LogP) is 2.66. The highest BCUT2D eigenvalue weighted by Gasteiger charge is 2.36. The monoisotopic (exact) mass is 280 g/mol. The summed E-state index contributed by atoms with van der Waals surface area (Å²) in [7, 11) is 0. The summed E-state index contributed by atoms with van der Waals surface area (Å²) in [5, 5.41) is 5.76. The van der Waals surface area contributed by atoms with Gasteiger partial charge in [-0.05, 0) is 42.1 Å². The minimum absolute atomic E-state index is 0.183. The first-order valence-corrected chi connectivity index (χ1v) is 7.83. The standard InChI is InChI=1S/C18H20N2O/c21-18(20-11-14-7-4-10-19-17(14)12-20)16-9-3-6-13-5-1-2-8-15(13)16/h1-3,5-6,8-9,14,17,19H,4,7,10-12H2. The van der Waals surface area contributed by atoms with Crippen LogP contribution in [-0.2, 0) is 0 Å². The number of carbonyl (C=O) groups is 1. The van der Waals surface area contributed by atoms with Gasteiger partial charge in [-0.2, -0.15) is 0 Å². The van der Waals surface area contributed by atoms with E-state index < -0.39 is 0 Å². The molecule has 0 saturated carbocycles. The molecule has 0 bridgehead atoms. The first-order chi connectivity index (χ1) is 10.3. The lowest BCUT2D eigenvalue weighted by atomic mass is 9.94. The van der Waals surface area contributed by atoms with Gasteiger partial charge in [0.2, 0.25) is 0 Å². The van der Waals surface area contributed by atoms with Crippen molar-refractivity contribution in [2.45, 2.75) is 18.9 Å². The Bertz CT molecular complexity index is 662. The van der Waals surface area contributed by atoms with Gasteiger partial charge in [-0.15, -0.1) is 0 Å². The van der Waals surface area contributed by atoms with Crippen molar-refractivity contribution in [3.05, 3.63) is 48.0 Å². The Labute approximate surface area is 124 Å². The molecule has 21 heavy (non-hydrogen) atoms. The van der Waals surface area contributed by atoms with Gasteiger partial charge < -0.3 is 10.2 Å². The maximum Gasteiger partial charge on any atom is 0.254 e. The van der Waals surface area contributed by atoms with Crippen LogP contribution in [0.5, 0.6) is 0 Å². The van der Waals surface area contributed by atoms with Crippen molar-refractivity contribution >= 4 is 16.7 Å². The van der Waals surface area contributed by atoms with Crippen molar-refractivity contribution in [1.82, 2.24) is 10.2 Å². The zero-order valence-corrected chi connectivity index (χ0v) is 12.1. The van der Waals surface area contributed by atoms with Gasteiger partial charge >= 0.3 is 0 Å². The summed E-state index contributed by atoms with van der Waals surface area (Å²) in [6, 6.07) is 14.6. The van der Waals surface area contributed by atoms with Crippen molar-refractivity contribution in [1.29, 1.82) is 0 Å². The Morgan fingerprint density at radius 1 is 1.10 bits per heavy atom. The van der Waals surface area contributed by atoms with Crippen LogP contribution in [0.1, 0.15) is 23.2 Å². The molecular formula is C18H20N2O. The molecule has 2 aliphatic rings. The zero-order chi connectivity index (χ0) is 14.2. The fraction of sp³-hybridized carbons (Fsp3) is 0.389. The van der Waals surface area contributed by atoms with Gasteiger partial charge in [-0.3, -0.25) is 4.79 Å². The highest BCUT2D eigenvalue weighted by atomic mass is 16.2. The van der Waals surface area contributed by atoms with Crippen molar-refractivity contribution in [2.24, 2.45) is 5.92 Å². The average molecular weight is 280 g/mol. The number of nitrogens with zero attached hydrogens (tertiary/aromatic N) is 1. The number of fused-ring (bicyclic) bond motifs is 2. The molecule has 0 radical (unpaired) electrons. The molecule has 2 unspecified atom stereocenters. The van der Waals surface area contributed by atoms with Crippen molar-refractivity contribution in [3.8, 4) is 0 Å². The number of nitrogens with one attached hydrogen (secondary N) is 1. The Morgan fingerprint density at radius 2 is 1.95 bits per heavy atom. The largest absolute Gasteiger partial charge is 0.337 e. The third-order valence-corrected chi connectivity index (χ3v) is 4.91. The van der Waals surface area contributed by atoms with Crippen molar-refractivity contribution in [2.75, 3.05) is 19.6 Å². The van der Waals surface area contributed by atoms with E-state index in [4.69, 9.17) is 0 Å². The van der Waals surface area contributed by atoms with Crippen LogP contribution in [0.3, 0.4) is 0 Å². The lowest BCUT2D eigenvalue weighted by molar-refractivity contribution is 0.0787. The fourth-order valence-corrected chi connectivity index (χ4v) is 3.79. The van der Waals surface area contributed by atoms with E-state index in [0.717, 1.165) is 36.0 Å². The summed E-state index contributed by atoms with van der Waals surface area (Å²) in [5.74, 6) is 0.820. The van der Waals surface area contributed by atoms with Crippen LogP contribution in [-0.4, -0.2) is 36.5 Å². The number of carbonyl (C=O) groups excluding carboxylic acids is 1. The molecule has 1 amide bonds. The quantitative estimate of drug-likeness (QED) is 0.871. The summed E-state index contributed by atoms with van der Waals surface area (Å²) < 4.78 is 0. The second kappa shape index (κ2) is 5.15. The second-order valence-electron chi connectivity index (χ2n) is 6.20. The molecule has 2 atom stereocenters. The first-order valence-electron chi connectivity index (χ1n) is 7.83. The molecule has 4 rings (SSSR count). The van der Waals surface area contributed by atoms with Crippen LogP contribution >= 0.6 is 0 Å². The van der Waals surface area contributed by atoms with Crippen LogP contribution in [0.25, 0.3) is 10.8 Å².